The lowest BCUT2D eigenvalue weighted by molar-refractivity contribution is -0.137. The summed E-state index contributed by atoms with van der Waals surface area (Å²) in [6.45, 7) is 2.96. The van der Waals surface area contributed by atoms with E-state index in [0.717, 1.165) is 12.1 Å². The zero-order valence-corrected chi connectivity index (χ0v) is 13.0. The van der Waals surface area contributed by atoms with Gasteiger partial charge in [0.25, 0.3) is 0 Å². The number of rotatable bonds is 5. The second kappa shape index (κ2) is 7.05. The zero-order chi connectivity index (χ0) is 17.9. The summed E-state index contributed by atoms with van der Waals surface area (Å²) in [5.74, 6) is -0.317. The quantitative estimate of drug-likeness (QED) is 0.629. The van der Waals surface area contributed by atoms with Crippen LogP contribution in [0.1, 0.15) is 16.7 Å². The maximum Gasteiger partial charge on any atom is 0.416 e. The van der Waals surface area contributed by atoms with Crippen LogP contribution >= 0.6 is 0 Å². The molecule has 0 aliphatic carbocycles. The minimum absolute atomic E-state index is 0.0827. The van der Waals surface area contributed by atoms with Crippen LogP contribution in [-0.2, 0) is 19.2 Å². The van der Waals surface area contributed by atoms with Crippen LogP contribution in [0.3, 0.4) is 0 Å². The van der Waals surface area contributed by atoms with Gasteiger partial charge in [0.15, 0.2) is 0 Å². The molecule has 2 rings (SSSR count). The predicted octanol–water partition coefficient (Wildman–Crippen LogP) is 4.74. The van der Waals surface area contributed by atoms with Gasteiger partial charge in [0.1, 0.15) is 11.6 Å². The molecule has 0 spiro atoms. The fourth-order valence-electron chi connectivity index (χ4n) is 2.45. The lowest BCUT2D eigenvalue weighted by Crippen LogP contribution is -2.06. The number of ether oxygens (including phenoxy) is 1. The van der Waals surface area contributed by atoms with Gasteiger partial charge < -0.3 is 9.84 Å². The summed E-state index contributed by atoms with van der Waals surface area (Å²) >= 11 is 0. The number of benzene rings is 2. The first kappa shape index (κ1) is 18.0. The van der Waals surface area contributed by atoms with Crippen LogP contribution in [0, 0.1) is 5.82 Å². The van der Waals surface area contributed by atoms with Crippen molar-refractivity contribution in [2.45, 2.75) is 19.2 Å². The summed E-state index contributed by atoms with van der Waals surface area (Å²) in [7, 11) is 1.34. The van der Waals surface area contributed by atoms with E-state index < -0.39 is 24.2 Å². The number of hydrogen-bond acceptors (Lipinski definition) is 2. The summed E-state index contributed by atoms with van der Waals surface area (Å²) < 4.78 is 57.6. The summed E-state index contributed by atoms with van der Waals surface area (Å²) in [6, 6.07) is 5.72. The van der Waals surface area contributed by atoms with E-state index in [4.69, 9.17) is 4.74 Å². The number of aliphatic hydroxyl groups is 1. The lowest BCUT2D eigenvalue weighted by Gasteiger charge is -2.16. The molecule has 0 bridgehead atoms. The van der Waals surface area contributed by atoms with E-state index in [2.05, 4.69) is 6.58 Å². The Kier molecular flexibility index (Phi) is 5.29. The van der Waals surface area contributed by atoms with Crippen LogP contribution in [0.4, 0.5) is 17.6 Å². The van der Waals surface area contributed by atoms with Crippen LogP contribution in [-0.4, -0.2) is 12.2 Å². The van der Waals surface area contributed by atoms with Crippen molar-refractivity contribution in [3.63, 3.8) is 0 Å². The molecular weight excluding hydrogens is 324 g/mol. The van der Waals surface area contributed by atoms with Gasteiger partial charge in [-0.3, -0.25) is 0 Å². The van der Waals surface area contributed by atoms with Gasteiger partial charge in [0.05, 0.1) is 19.3 Å². The molecule has 6 heteroatoms. The molecule has 24 heavy (non-hydrogen) atoms. The Morgan fingerprint density at radius 2 is 1.83 bits per heavy atom. The standard InChI is InChI=1S/C18H16F4O2/c1-3-4-11-8-15(17(24-2)9-16(11)19)14-6-5-13(18(20,21)22)7-12(14)10-23/h3,5-9,23H,1,4,10H2,2H3. The molecule has 1 N–H and O–H groups in total. The molecule has 0 saturated carbocycles. The molecule has 0 radical (unpaired) electrons. The Hall–Kier alpha value is -2.34. The lowest BCUT2D eigenvalue weighted by atomic mass is 9.94. The molecule has 0 aliphatic rings. The number of aliphatic hydroxyl groups excluding tert-OH is 1. The van der Waals surface area contributed by atoms with Crippen molar-refractivity contribution < 1.29 is 27.4 Å². The van der Waals surface area contributed by atoms with Crippen LogP contribution in [0.5, 0.6) is 5.75 Å². The Balaban J connectivity index is 2.66. The van der Waals surface area contributed by atoms with Gasteiger partial charge in [-0.25, -0.2) is 4.39 Å². The summed E-state index contributed by atoms with van der Waals surface area (Å²) in [5, 5.41) is 9.46. The van der Waals surface area contributed by atoms with Crippen LogP contribution in [0.15, 0.2) is 43.0 Å². The van der Waals surface area contributed by atoms with Crippen molar-refractivity contribution in [2.24, 2.45) is 0 Å². The van der Waals surface area contributed by atoms with Gasteiger partial charge in [0.2, 0.25) is 0 Å². The SMILES string of the molecule is C=CCc1cc(-c2ccc(C(F)(F)F)cc2CO)c(OC)cc1F. The van der Waals surface area contributed by atoms with E-state index in [0.29, 0.717) is 16.7 Å². The fraction of sp³-hybridized carbons (Fsp3) is 0.222. The van der Waals surface area contributed by atoms with Gasteiger partial charge >= 0.3 is 6.18 Å². The van der Waals surface area contributed by atoms with Gasteiger partial charge in [-0.05, 0) is 41.3 Å². The van der Waals surface area contributed by atoms with Gasteiger partial charge in [0, 0.05) is 11.6 Å². The average molecular weight is 340 g/mol. The normalized spacial score (nSPS) is 11.4. The van der Waals surface area contributed by atoms with E-state index >= 15 is 0 Å². The maximum atomic E-state index is 14.0. The first-order chi connectivity index (χ1) is 11.3. The van der Waals surface area contributed by atoms with Crippen molar-refractivity contribution in [2.75, 3.05) is 7.11 Å². The molecule has 0 saturated heterocycles. The maximum absolute atomic E-state index is 14.0. The van der Waals surface area contributed by atoms with Crippen molar-refractivity contribution in [3.8, 4) is 16.9 Å². The Labute approximate surface area is 137 Å². The van der Waals surface area contributed by atoms with Gasteiger partial charge in [-0.15, -0.1) is 6.58 Å². The second-order valence-corrected chi connectivity index (χ2v) is 5.16. The third-order valence-electron chi connectivity index (χ3n) is 3.63. The number of alkyl halides is 3. The highest BCUT2D eigenvalue weighted by atomic mass is 19.4. The molecule has 2 nitrogen and oxygen atoms in total. The van der Waals surface area contributed by atoms with E-state index in [1.807, 2.05) is 0 Å². The highest BCUT2D eigenvalue weighted by molar-refractivity contribution is 5.74. The molecule has 0 aliphatic heterocycles. The van der Waals surface area contributed by atoms with Crippen molar-refractivity contribution >= 4 is 0 Å². The summed E-state index contributed by atoms with van der Waals surface area (Å²) in [4.78, 5) is 0. The first-order valence-corrected chi connectivity index (χ1v) is 7.10. The molecule has 0 amide bonds. The van der Waals surface area contributed by atoms with Crippen molar-refractivity contribution in [1.82, 2.24) is 0 Å². The smallest absolute Gasteiger partial charge is 0.416 e. The highest BCUT2D eigenvalue weighted by Gasteiger charge is 2.31. The topological polar surface area (TPSA) is 29.5 Å². The molecule has 2 aromatic carbocycles. The minimum Gasteiger partial charge on any atom is -0.496 e. The summed E-state index contributed by atoms with van der Waals surface area (Å²) in [5.41, 5.74) is 0.327. The van der Waals surface area contributed by atoms with Crippen LogP contribution < -0.4 is 4.74 Å². The fourth-order valence-corrected chi connectivity index (χ4v) is 2.45. The second-order valence-electron chi connectivity index (χ2n) is 5.16. The molecule has 0 fully saturated rings. The largest absolute Gasteiger partial charge is 0.496 e. The molecule has 0 heterocycles. The first-order valence-electron chi connectivity index (χ1n) is 7.10. The number of allylic oxidation sites excluding steroid dienone is 1. The monoisotopic (exact) mass is 340 g/mol. The van der Waals surface area contributed by atoms with Gasteiger partial charge in [-0.1, -0.05) is 12.1 Å². The molecular formula is C18H16F4O2. The van der Waals surface area contributed by atoms with Crippen molar-refractivity contribution in [1.29, 1.82) is 0 Å². The van der Waals surface area contributed by atoms with Crippen LogP contribution in [0.2, 0.25) is 0 Å². The molecule has 0 atom stereocenters. The van der Waals surface area contributed by atoms with Gasteiger partial charge in [-0.2, -0.15) is 13.2 Å². The third kappa shape index (κ3) is 3.59. The van der Waals surface area contributed by atoms with Crippen LogP contribution in [0.25, 0.3) is 11.1 Å². The molecule has 0 unspecified atom stereocenters. The van der Waals surface area contributed by atoms with E-state index in [1.165, 1.54) is 31.4 Å². The predicted molar refractivity (Wildman–Crippen MR) is 83.2 cm³/mol. The number of hydrogen-bond donors (Lipinski definition) is 1. The Bertz CT molecular complexity index is 751. The molecule has 0 aromatic heterocycles. The average Bonchev–Trinajstić information content (AvgIpc) is 2.55. The Morgan fingerprint density at radius 1 is 1.12 bits per heavy atom. The number of methoxy groups -OCH3 is 1. The van der Waals surface area contributed by atoms with E-state index in [1.54, 1.807) is 0 Å². The highest BCUT2D eigenvalue weighted by Crippen LogP contribution is 2.38. The molecule has 2 aromatic rings. The van der Waals surface area contributed by atoms with Crippen molar-refractivity contribution in [3.05, 3.63) is 65.5 Å². The zero-order valence-electron chi connectivity index (χ0n) is 13.0. The Morgan fingerprint density at radius 3 is 2.38 bits per heavy atom. The number of halogens is 4. The minimum atomic E-state index is -4.51. The van der Waals surface area contributed by atoms with E-state index in [9.17, 15) is 22.7 Å². The molecule has 128 valence electrons. The third-order valence-corrected chi connectivity index (χ3v) is 3.63. The summed E-state index contributed by atoms with van der Waals surface area (Å²) in [6.07, 6.45) is -2.73. The van der Waals surface area contributed by atoms with E-state index in [-0.39, 0.29) is 17.7 Å².